The molecule has 0 fully saturated rings. The van der Waals surface area contributed by atoms with Crippen LogP contribution in [0.3, 0.4) is 0 Å². The highest BCUT2D eigenvalue weighted by molar-refractivity contribution is 4.89. The molecule has 2 nitrogen and oxygen atoms in total. The zero-order valence-corrected chi connectivity index (χ0v) is 7.58. The van der Waals surface area contributed by atoms with E-state index in [0.717, 1.165) is 13.2 Å². The van der Waals surface area contributed by atoms with Gasteiger partial charge in [0.15, 0.2) is 0 Å². The van der Waals surface area contributed by atoms with Gasteiger partial charge in [0.25, 0.3) is 0 Å². The van der Waals surface area contributed by atoms with Crippen LogP contribution in [-0.4, -0.2) is 18.3 Å². The Labute approximate surface area is 68.8 Å². The molecule has 0 aliphatic rings. The second-order valence-electron chi connectivity index (χ2n) is 1.91. The lowest BCUT2D eigenvalue weighted by Crippen LogP contribution is -2.00. The average molecular weight is 155 g/mol. The highest BCUT2D eigenvalue weighted by Gasteiger charge is 1.84. The third kappa shape index (κ3) is 4.62. The van der Waals surface area contributed by atoms with Crippen molar-refractivity contribution in [1.82, 2.24) is 4.57 Å². The van der Waals surface area contributed by atoms with Crippen molar-refractivity contribution < 1.29 is 4.74 Å². The molecule has 1 rings (SSSR count). The highest BCUT2D eigenvalue weighted by atomic mass is 16.5. The summed E-state index contributed by atoms with van der Waals surface area (Å²) in [6.07, 6.45) is 4.05. The van der Waals surface area contributed by atoms with E-state index in [2.05, 4.69) is 4.57 Å². The van der Waals surface area contributed by atoms with Crippen molar-refractivity contribution in [3.8, 4) is 0 Å². The van der Waals surface area contributed by atoms with Crippen molar-refractivity contribution in [3.63, 3.8) is 0 Å². The number of hydrogen-bond acceptors (Lipinski definition) is 1. The lowest BCUT2D eigenvalue weighted by molar-refractivity contribution is 0.187. The van der Waals surface area contributed by atoms with Crippen molar-refractivity contribution in [2.75, 3.05) is 13.7 Å². The Morgan fingerprint density at radius 2 is 1.73 bits per heavy atom. The fourth-order valence-electron chi connectivity index (χ4n) is 0.716. The minimum Gasteiger partial charge on any atom is -0.383 e. The number of ether oxygens (including phenoxy) is 1. The molecule has 0 spiro atoms. The van der Waals surface area contributed by atoms with Gasteiger partial charge in [0.2, 0.25) is 0 Å². The van der Waals surface area contributed by atoms with Crippen LogP contribution in [0, 0.1) is 0 Å². The van der Waals surface area contributed by atoms with Gasteiger partial charge in [-0.05, 0) is 12.1 Å². The largest absolute Gasteiger partial charge is 0.383 e. The Balaban J connectivity index is 0.000000461. The molecule has 0 aromatic carbocycles. The first-order valence-electron chi connectivity index (χ1n) is 4.03. The summed E-state index contributed by atoms with van der Waals surface area (Å²) < 4.78 is 6.98. The molecule has 0 saturated carbocycles. The quantitative estimate of drug-likeness (QED) is 0.652. The third-order valence-corrected chi connectivity index (χ3v) is 1.22. The van der Waals surface area contributed by atoms with Gasteiger partial charge in [-0.25, -0.2) is 0 Å². The summed E-state index contributed by atoms with van der Waals surface area (Å²) in [6.45, 7) is 5.73. The molecule has 11 heavy (non-hydrogen) atoms. The maximum absolute atomic E-state index is 4.89. The van der Waals surface area contributed by atoms with E-state index in [1.54, 1.807) is 7.11 Å². The minimum atomic E-state index is 0.786. The maximum atomic E-state index is 4.89. The fourth-order valence-corrected chi connectivity index (χ4v) is 0.716. The highest BCUT2D eigenvalue weighted by Crippen LogP contribution is 1.88. The van der Waals surface area contributed by atoms with Crippen LogP contribution in [0.1, 0.15) is 13.8 Å². The first kappa shape index (κ1) is 10.2. The summed E-state index contributed by atoms with van der Waals surface area (Å²) >= 11 is 0. The summed E-state index contributed by atoms with van der Waals surface area (Å²) in [4.78, 5) is 0. The second-order valence-corrected chi connectivity index (χ2v) is 1.91. The van der Waals surface area contributed by atoms with Crippen molar-refractivity contribution in [3.05, 3.63) is 24.5 Å². The van der Waals surface area contributed by atoms with Gasteiger partial charge in [0, 0.05) is 26.0 Å². The van der Waals surface area contributed by atoms with Crippen LogP contribution in [0.4, 0.5) is 0 Å². The third-order valence-electron chi connectivity index (χ3n) is 1.22. The summed E-state index contributed by atoms with van der Waals surface area (Å²) in [7, 11) is 1.71. The first-order chi connectivity index (χ1) is 5.43. The van der Waals surface area contributed by atoms with E-state index in [1.165, 1.54) is 0 Å². The van der Waals surface area contributed by atoms with Gasteiger partial charge in [0.1, 0.15) is 0 Å². The lowest BCUT2D eigenvalue weighted by Gasteiger charge is -1.98. The monoisotopic (exact) mass is 155 g/mol. The van der Waals surface area contributed by atoms with Crippen LogP contribution in [0.5, 0.6) is 0 Å². The predicted octanol–water partition coefficient (Wildman–Crippen LogP) is 2.16. The molecule has 0 unspecified atom stereocenters. The first-order valence-corrected chi connectivity index (χ1v) is 4.03. The van der Waals surface area contributed by atoms with E-state index >= 15 is 0 Å². The second kappa shape index (κ2) is 7.35. The molecule has 0 atom stereocenters. The number of aromatic nitrogens is 1. The van der Waals surface area contributed by atoms with E-state index in [1.807, 2.05) is 38.4 Å². The van der Waals surface area contributed by atoms with Crippen molar-refractivity contribution in [1.29, 1.82) is 0 Å². The molecule has 1 aromatic heterocycles. The van der Waals surface area contributed by atoms with Crippen LogP contribution in [0.25, 0.3) is 0 Å². The Morgan fingerprint density at radius 3 is 2.18 bits per heavy atom. The molecular weight excluding hydrogens is 138 g/mol. The molecule has 1 heterocycles. The van der Waals surface area contributed by atoms with Gasteiger partial charge >= 0.3 is 0 Å². The number of rotatable bonds is 3. The molecule has 0 aliphatic heterocycles. The zero-order valence-electron chi connectivity index (χ0n) is 7.58. The zero-order chi connectivity index (χ0) is 8.53. The summed E-state index contributed by atoms with van der Waals surface area (Å²) in [5.41, 5.74) is 0. The molecule has 0 N–H and O–H groups in total. The normalized spacial score (nSPS) is 8.64. The Hall–Kier alpha value is -0.760. The topological polar surface area (TPSA) is 14.2 Å². The van der Waals surface area contributed by atoms with Gasteiger partial charge in [-0.3, -0.25) is 0 Å². The Bertz CT molecular complexity index is 147. The van der Waals surface area contributed by atoms with E-state index in [-0.39, 0.29) is 0 Å². The predicted molar refractivity (Wildman–Crippen MR) is 47.7 cm³/mol. The van der Waals surface area contributed by atoms with Crippen LogP contribution in [0.2, 0.25) is 0 Å². The van der Waals surface area contributed by atoms with Crippen LogP contribution >= 0.6 is 0 Å². The minimum absolute atomic E-state index is 0.786. The molecule has 0 radical (unpaired) electrons. The molecule has 2 heteroatoms. The van der Waals surface area contributed by atoms with Crippen LogP contribution in [-0.2, 0) is 11.3 Å². The van der Waals surface area contributed by atoms with Gasteiger partial charge < -0.3 is 9.30 Å². The Morgan fingerprint density at radius 1 is 1.18 bits per heavy atom. The van der Waals surface area contributed by atoms with Crippen molar-refractivity contribution in [2.24, 2.45) is 0 Å². The standard InChI is InChI=1S/C7H11NO.C2H6/c1-9-7-6-8-4-2-3-5-8;1-2/h2-5H,6-7H2,1H3;1-2H3. The molecule has 1 aromatic rings. The molecule has 0 aliphatic carbocycles. The molecule has 0 amide bonds. The number of nitrogens with zero attached hydrogens (tertiary/aromatic N) is 1. The van der Waals surface area contributed by atoms with Gasteiger partial charge in [-0.2, -0.15) is 0 Å². The molecule has 0 bridgehead atoms. The summed E-state index contributed by atoms with van der Waals surface area (Å²) in [6, 6.07) is 4.02. The molecular formula is C9H17NO. The maximum Gasteiger partial charge on any atom is 0.0641 e. The van der Waals surface area contributed by atoms with Gasteiger partial charge in [0.05, 0.1) is 6.61 Å². The SMILES string of the molecule is CC.COCCn1cccc1. The van der Waals surface area contributed by atoms with Crippen LogP contribution in [0.15, 0.2) is 24.5 Å². The van der Waals surface area contributed by atoms with Crippen LogP contribution < -0.4 is 0 Å². The molecule has 64 valence electrons. The number of methoxy groups -OCH3 is 1. The van der Waals surface area contributed by atoms with Gasteiger partial charge in [-0.1, -0.05) is 13.8 Å². The van der Waals surface area contributed by atoms with E-state index < -0.39 is 0 Å². The van der Waals surface area contributed by atoms with E-state index in [4.69, 9.17) is 4.74 Å². The molecule has 0 saturated heterocycles. The van der Waals surface area contributed by atoms with E-state index in [0.29, 0.717) is 0 Å². The Kier molecular flexibility index (Phi) is 6.84. The van der Waals surface area contributed by atoms with Crippen molar-refractivity contribution >= 4 is 0 Å². The number of hydrogen-bond donors (Lipinski definition) is 0. The van der Waals surface area contributed by atoms with Crippen molar-refractivity contribution in [2.45, 2.75) is 20.4 Å². The summed E-state index contributed by atoms with van der Waals surface area (Å²) in [5.74, 6) is 0. The average Bonchev–Trinajstić information content (AvgIpc) is 2.57. The lowest BCUT2D eigenvalue weighted by atomic mass is 10.7. The fraction of sp³-hybridized carbons (Fsp3) is 0.556. The van der Waals surface area contributed by atoms with E-state index in [9.17, 15) is 0 Å². The van der Waals surface area contributed by atoms with Gasteiger partial charge in [-0.15, -0.1) is 0 Å². The smallest absolute Gasteiger partial charge is 0.0641 e. The summed E-state index contributed by atoms with van der Waals surface area (Å²) in [5, 5.41) is 0.